The van der Waals surface area contributed by atoms with Crippen LogP contribution >= 0.6 is 0 Å². The van der Waals surface area contributed by atoms with Gasteiger partial charge < -0.3 is 19.3 Å². The number of hydrogen-bond acceptors (Lipinski definition) is 5. The molecule has 92 valence electrons. The third kappa shape index (κ3) is 1.86. The summed E-state index contributed by atoms with van der Waals surface area (Å²) in [6, 6.07) is 5.79. The Labute approximate surface area is 99.5 Å². The predicted molar refractivity (Wildman–Crippen MR) is 59.9 cm³/mol. The first kappa shape index (κ1) is 10.8. The van der Waals surface area contributed by atoms with Gasteiger partial charge in [-0.1, -0.05) is 6.07 Å². The van der Waals surface area contributed by atoms with Crippen molar-refractivity contribution in [3.05, 3.63) is 23.8 Å². The second-order valence-electron chi connectivity index (χ2n) is 4.35. The van der Waals surface area contributed by atoms with E-state index in [9.17, 15) is 0 Å². The van der Waals surface area contributed by atoms with Crippen LogP contribution in [0.25, 0.3) is 0 Å². The Balaban J connectivity index is 1.84. The molecular weight excluding hydrogens is 222 g/mol. The quantitative estimate of drug-likeness (QED) is 0.822. The largest absolute Gasteiger partial charge is 0.454 e. The summed E-state index contributed by atoms with van der Waals surface area (Å²) in [6.45, 7) is 1.06. The van der Waals surface area contributed by atoms with Crippen molar-refractivity contribution in [3.63, 3.8) is 0 Å². The van der Waals surface area contributed by atoms with E-state index in [0.29, 0.717) is 0 Å². The van der Waals surface area contributed by atoms with Crippen molar-refractivity contribution < 1.29 is 19.3 Å². The summed E-state index contributed by atoms with van der Waals surface area (Å²) in [5.74, 6) is 1.53. The molecule has 1 aromatic rings. The minimum atomic E-state index is -0.123. The first-order valence-corrected chi connectivity index (χ1v) is 5.64. The maximum Gasteiger partial charge on any atom is 0.231 e. The smallest absolute Gasteiger partial charge is 0.231 e. The number of aliphatic hydroxyl groups excluding tert-OH is 1. The molecule has 5 heteroatoms. The SMILES string of the molecule is CN1CC(CO)OC1c1ccc2c(c1)OCO2. The van der Waals surface area contributed by atoms with E-state index in [1.54, 1.807) is 0 Å². The van der Waals surface area contributed by atoms with Crippen LogP contribution in [0, 0.1) is 0 Å². The molecule has 1 saturated heterocycles. The number of benzene rings is 1. The molecule has 0 saturated carbocycles. The molecule has 0 amide bonds. The summed E-state index contributed by atoms with van der Waals surface area (Å²) in [6.07, 6.45) is -0.239. The molecule has 17 heavy (non-hydrogen) atoms. The summed E-state index contributed by atoms with van der Waals surface area (Å²) < 4.78 is 16.4. The standard InChI is InChI=1S/C12H15NO4/c1-13-5-9(6-14)17-12(13)8-2-3-10-11(4-8)16-7-15-10/h2-4,9,12,14H,5-7H2,1H3. The Morgan fingerprint density at radius 1 is 1.35 bits per heavy atom. The van der Waals surface area contributed by atoms with E-state index in [2.05, 4.69) is 4.90 Å². The fourth-order valence-corrected chi connectivity index (χ4v) is 2.25. The number of rotatable bonds is 2. The van der Waals surface area contributed by atoms with Gasteiger partial charge in [0.1, 0.15) is 6.23 Å². The zero-order valence-corrected chi connectivity index (χ0v) is 9.63. The van der Waals surface area contributed by atoms with Gasteiger partial charge in [0.2, 0.25) is 6.79 Å². The molecule has 2 heterocycles. The minimum Gasteiger partial charge on any atom is -0.454 e. The van der Waals surface area contributed by atoms with Gasteiger partial charge in [-0.05, 0) is 24.7 Å². The van der Waals surface area contributed by atoms with Gasteiger partial charge in [0, 0.05) is 6.54 Å². The molecular formula is C12H15NO4. The predicted octanol–water partition coefficient (Wildman–Crippen LogP) is 0.737. The molecule has 1 N–H and O–H groups in total. The molecule has 3 rings (SSSR count). The maximum atomic E-state index is 9.11. The van der Waals surface area contributed by atoms with Gasteiger partial charge >= 0.3 is 0 Å². The number of fused-ring (bicyclic) bond motifs is 1. The Morgan fingerprint density at radius 3 is 2.94 bits per heavy atom. The summed E-state index contributed by atoms with van der Waals surface area (Å²) in [5.41, 5.74) is 1.02. The first-order chi connectivity index (χ1) is 8.28. The van der Waals surface area contributed by atoms with E-state index in [4.69, 9.17) is 19.3 Å². The van der Waals surface area contributed by atoms with Crippen LogP contribution in [0.4, 0.5) is 0 Å². The number of nitrogens with zero attached hydrogens (tertiary/aromatic N) is 1. The van der Waals surface area contributed by atoms with Crippen LogP contribution in [0.1, 0.15) is 11.8 Å². The lowest BCUT2D eigenvalue weighted by atomic mass is 10.1. The van der Waals surface area contributed by atoms with Gasteiger partial charge in [-0.2, -0.15) is 0 Å². The summed E-state index contributed by atoms with van der Waals surface area (Å²) in [7, 11) is 1.98. The monoisotopic (exact) mass is 237 g/mol. The molecule has 0 aromatic heterocycles. The molecule has 2 aliphatic rings. The van der Waals surface area contributed by atoms with Crippen molar-refractivity contribution in [2.75, 3.05) is 27.0 Å². The lowest BCUT2D eigenvalue weighted by Gasteiger charge is -2.18. The molecule has 0 spiro atoms. The van der Waals surface area contributed by atoms with Gasteiger partial charge in [-0.25, -0.2) is 0 Å². The van der Waals surface area contributed by atoms with Crippen LogP contribution in [-0.2, 0) is 4.74 Å². The summed E-state index contributed by atoms with van der Waals surface area (Å²) in [5, 5.41) is 9.11. The average molecular weight is 237 g/mol. The van der Waals surface area contributed by atoms with Gasteiger partial charge in [-0.15, -0.1) is 0 Å². The maximum absolute atomic E-state index is 9.11. The van der Waals surface area contributed by atoms with Gasteiger partial charge in [0.15, 0.2) is 11.5 Å². The number of aliphatic hydroxyl groups is 1. The fourth-order valence-electron chi connectivity index (χ4n) is 2.25. The van der Waals surface area contributed by atoms with Crippen molar-refractivity contribution in [1.82, 2.24) is 4.90 Å². The minimum absolute atomic E-state index is 0.0470. The highest BCUT2D eigenvalue weighted by atomic mass is 16.7. The highest BCUT2D eigenvalue weighted by Gasteiger charge is 2.31. The van der Waals surface area contributed by atoms with E-state index in [0.717, 1.165) is 23.6 Å². The summed E-state index contributed by atoms with van der Waals surface area (Å²) in [4.78, 5) is 2.07. The van der Waals surface area contributed by atoms with Crippen LogP contribution in [0.5, 0.6) is 11.5 Å². The second-order valence-corrected chi connectivity index (χ2v) is 4.35. The zero-order valence-electron chi connectivity index (χ0n) is 9.63. The highest BCUT2D eigenvalue weighted by Crippen LogP contribution is 2.37. The lowest BCUT2D eigenvalue weighted by molar-refractivity contribution is -0.0139. The number of ether oxygens (including phenoxy) is 3. The van der Waals surface area contributed by atoms with E-state index in [1.807, 2.05) is 25.2 Å². The second kappa shape index (κ2) is 4.18. The first-order valence-electron chi connectivity index (χ1n) is 5.64. The van der Waals surface area contributed by atoms with Crippen LogP contribution in [-0.4, -0.2) is 43.1 Å². The van der Waals surface area contributed by atoms with E-state index >= 15 is 0 Å². The topological polar surface area (TPSA) is 51.2 Å². The van der Waals surface area contributed by atoms with Crippen LogP contribution in [0.3, 0.4) is 0 Å². The third-order valence-corrected chi connectivity index (χ3v) is 3.10. The summed E-state index contributed by atoms with van der Waals surface area (Å²) >= 11 is 0. The van der Waals surface area contributed by atoms with E-state index in [1.165, 1.54) is 0 Å². The van der Waals surface area contributed by atoms with Crippen molar-refractivity contribution in [1.29, 1.82) is 0 Å². The molecule has 2 unspecified atom stereocenters. The van der Waals surface area contributed by atoms with E-state index in [-0.39, 0.29) is 25.7 Å². The molecule has 1 fully saturated rings. The molecule has 2 aliphatic heterocycles. The van der Waals surface area contributed by atoms with Crippen molar-refractivity contribution in [2.45, 2.75) is 12.3 Å². The molecule has 1 aromatic carbocycles. The molecule has 5 nitrogen and oxygen atoms in total. The number of likely N-dealkylation sites (N-methyl/N-ethyl adjacent to an activating group) is 1. The van der Waals surface area contributed by atoms with Crippen LogP contribution in [0.15, 0.2) is 18.2 Å². The molecule has 0 bridgehead atoms. The normalized spacial score (nSPS) is 27.6. The molecule has 2 atom stereocenters. The molecule has 0 aliphatic carbocycles. The van der Waals surface area contributed by atoms with Gasteiger partial charge in [0.05, 0.1) is 12.7 Å². The molecule has 0 radical (unpaired) electrons. The Bertz CT molecular complexity index is 423. The fraction of sp³-hybridized carbons (Fsp3) is 0.500. The van der Waals surface area contributed by atoms with Gasteiger partial charge in [-0.3, -0.25) is 4.90 Å². The Kier molecular flexibility index (Phi) is 2.66. The average Bonchev–Trinajstić information content (AvgIpc) is 2.93. The van der Waals surface area contributed by atoms with Gasteiger partial charge in [0.25, 0.3) is 0 Å². The lowest BCUT2D eigenvalue weighted by Crippen LogP contribution is -2.20. The van der Waals surface area contributed by atoms with Crippen LogP contribution < -0.4 is 9.47 Å². The van der Waals surface area contributed by atoms with E-state index < -0.39 is 0 Å². The van der Waals surface area contributed by atoms with Crippen LogP contribution in [0.2, 0.25) is 0 Å². The Morgan fingerprint density at radius 2 is 2.18 bits per heavy atom. The van der Waals surface area contributed by atoms with Crippen molar-refractivity contribution >= 4 is 0 Å². The van der Waals surface area contributed by atoms with Crippen molar-refractivity contribution in [2.24, 2.45) is 0 Å². The highest BCUT2D eigenvalue weighted by molar-refractivity contribution is 5.45. The Hall–Kier alpha value is -1.30. The van der Waals surface area contributed by atoms with Crippen molar-refractivity contribution in [3.8, 4) is 11.5 Å². The number of hydrogen-bond donors (Lipinski definition) is 1. The zero-order chi connectivity index (χ0) is 11.8. The third-order valence-electron chi connectivity index (χ3n) is 3.10.